The molecule has 12 heteroatoms. The molecule has 3 rings (SSSR count). The fraction of sp³-hybridized carbons (Fsp3) is 0.581. The van der Waals surface area contributed by atoms with Crippen molar-refractivity contribution in [3.05, 3.63) is 59.2 Å². The summed E-state index contributed by atoms with van der Waals surface area (Å²) in [6, 6.07) is 6.06. The Morgan fingerprint density at radius 3 is 2.26 bits per heavy atom. The summed E-state index contributed by atoms with van der Waals surface area (Å²) in [7, 11) is 0. The van der Waals surface area contributed by atoms with Crippen LogP contribution in [0, 0.1) is 0 Å². The van der Waals surface area contributed by atoms with Gasteiger partial charge in [0.25, 0.3) is 0 Å². The molecule has 1 aromatic rings. The van der Waals surface area contributed by atoms with E-state index in [9.17, 15) is 35.4 Å². The molecule has 2 aliphatic heterocycles. The maximum absolute atomic E-state index is 12.8. The second-order valence-corrected chi connectivity index (χ2v) is 11.0. The largest absolute Gasteiger partial charge is 0.508 e. The molecule has 0 amide bonds. The Bertz CT molecular complexity index is 1110. The van der Waals surface area contributed by atoms with Crippen LogP contribution in [0.15, 0.2) is 53.6 Å². The third-order valence-corrected chi connectivity index (χ3v) is 7.23. The van der Waals surface area contributed by atoms with Gasteiger partial charge in [0.1, 0.15) is 42.4 Å². The van der Waals surface area contributed by atoms with Gasteiger partial charge in [0.05, 0.1) is 19.3 Å². The predicted molar refractivity (Wildman–Crippen MR) is 154 cm³/mol. The molecule has 2 fully saturated rings. The van der Waals surface area contributed by atoms with Crippen LogP contribution in [-0.2, 0) is 28.5 Å². The van der Waals surface area contributed by atoms with Gasteiger partial charge in [0.2, 0.25) is 0 Å². The van der Waals surface area contributed by atoms with Gasteiger partial charge in [-0.1, -0.05) is 35.4 Å². The molecule has 12 nitrogen and oxygen atoms in total. The summed E-state index contributed by atoms with van der Waals surface area (Å²) >= 11 is 0. The normalized spacial score (nSPS) is 33.4. The van der Waals surface area contributed by atoms with Crippen molar-refractivity contribution in [2.24, 2.45) is 0 Å². The van der Waals surface area contributed by atoms with Crippen molar-refractivity contribution in [2.45, 2.75) is 102 Å². The third kappa shape index (κ3) is 9.93. The summed E-state index contributed by atoms with van der Waals surface area (Å²) in [6.07, 6.45) is -5.92. The van der Waals surface area contributed by atoms with Crippen LogP contribution >= 0.6 is 0 Å². The number of phenolic OH excluding ortho intramolecular Hbond substituents is 1. The van der Waals surface area contributed by atoms with Crippen molar-refractivity contribution in [2.75, 3.05) is 13.2 Å². The lowest BCUT2D eigenvalue weighted by Crippen LogP contribution is -2.65. The molecule has 6 N–H and O–H groups in total. The van der Waals surface area contributed by atoms with Gasteiger partial charge in [-0.25, -0.2) is 4.79 Å². The topological polar surface area (TPSA) is 185 Å². The highest BCUT2D eigenvalue weighted by molar-refractivity contribution is 5.87. The summed E-state index contributed by atoms with van der Waals surface area (Å²) in [4.78, 5) is 12.8. The number of rotatable bonds is 12. The summed E-state index contributed by atoms with van der Waals surface area (Å²) in [5.41, 5.74) is 2.87. The molecular weight excluding hydrogens is 564 g/mol. The molecule has 2 saturated heterocycles. The molecule has 10 atom stereocenters. The number of hydrogen-bond donors (Lipinski definition) is 6. The molecule has 2 aliphatic rings. The Morgan fingerprint density at radius 2 is 1.60 bits per heavy atom. The van der Waals surface area contributed by atoms with Gasteiger partial charge in [0, 0.05) is 6.08 Å². The number of aromatic hydroxyl groups is 1. The Labute approximate surface area is 251 Å². The molecule has 0 bridgehead atoms. The summed E-state index contributed by atoms with van der Waals surface area (Å²) < 4.78 is 28.5. The number of carbonyl (C=O) groups excluding carboxylic acids is 1. The Morgan fingerprint density at radius 1 is 0.907 bits per heavy atom. The maximum Gasteiger partial charge on any atom is 0.331 e. The Balaban J connectivity index is 1.78. The minimum atomic E-state index is -1.70. The van der Waals surface area contributed by atoms with Crippen molar-refractivity contribution in [1.29, 1.82) is 0 Å². The fourth-order valence-electron chi connectivity index (χ4n) is 4.66. The summed E-state index contributed by atoms with van der Waals surface area (Å²) in [5, 5.41) is 61.7. The van der Waals surface area contributed by atoms with Crippen molar-refractivity contribution in [3.8, 4) is 5.75 Å². The Hall–Kier alpha value is -2.65. The van der Waals surface area contributed by atoms with Crippen LogP contribution in [0.1, 0.15) is 46.1 Å². The van der Waals surface area contributed by atoms with Gasteiger partial charge < -0.3 is 54.3 Å². The van der Waals surface area contributed by atoms with Crippen LogP contribution in [0.2, 0.25) is 0 Å². The van der Waals surface area contributed by atoms with Crippen LogP contribution in [-0.4, -0.2) is 111 Å². The zero-order chi connectivity index (χ0) is 31.7. The number of ether oxygens (including phenoxy) is 5. The molecule has 0 radical (unpaired) electrons. The molecule has 0 spiro atoms. The maximum atomic E-state index is 12.8. The van der Waals surface area contributed by atoms with E-state index in [0.717, 1.165) is 24.5 Å². The number of carbonyl (C=O) groups is 1. The summed E-state index contributed by atoms with van der Waals surface area (Å²) in [6.45, 7) is 6.89. The van der Waals surface area contributed by atoms with E-state index in [1.807, 2.05) is 26.8 Å². The standard InChI is InChI=1S/C31H44O12/c1-17(2)6-5-7-18(3)14-15-39-30-27(38)29(43-31-26(37)25(36)24(35)19(4)40-31)28(22(16-32)41-30)42-23(34)13-10-20-8-11-21(33)12-9-20/h6,8-14,19,22,24-33,35-38H,5,7,15-16H2,1-4H3/t19-,22-,24+,25-,26+,27-,28+,29+,30+,31+/m0/s1. The molecule has 0 aliphatic carbocycles. The number of esters is 1. The van der Waals surface area contributed by atoms with Crippen LogP contribution in [0.25, 0.3) is 6.08 Å². The first-order chi connectivity index (χ1) is 20.4. The molecule has 1 aromatic carbocycles. The van der Waals surface area contributed by atoms with E-state index >= 15 is 0 Å². The van der Waals surface area contributed by atoms with E-state index in [1.165, 1.54) is 30.7 Å². The minimum absolute atomic E-state index is 0.0593. The highest BCUT2D eigenvalue weighted by Crippen LogP contribution is 2.31. The number of phenols is 1. The van der Waals surface area contributed by atoms with Gasteiger partial charge >= 0.3 is 5.97 Å². The predicted octanol–water partition coefficient (Wildman–Crippen LogP) is 1.32. The van der Waals surface area contributed by atoms with Gasteiger partial charge in [-0.3, -0.25) is 0 Å². The lowest BCUT2D eigenvalue weighted by Gasteiger charge is -2.46. The molecule has 0 aromatic heterocycles. The fourth-order valence-corrected chi connectivity index (χ4v) is 4.66. The number of aliphatic hydroxyl groups excluding tert-OH is 5. The van der Waals surface area contributed by atoms with E-state index < -0.39 is 74.0 Å². The van der Waals surface area contributed by atoms with E-state index in [2.05, 4.69) is 6.08 Å². The number of allylic oxidation sites excluding steroid dienone is 3. The van der Waals surface area contributed by atoms with Gasteiger partial charge in [-0.05, 0) is 64.3 Å². The molecule has 2 heterocycles. The summed E-state index contributed by atoms with van der Waals surface area (Å²) in [5.74, 6) is -0.798. The van der Waals surface area contributed by atoms with Crippen LogP contribution in [0.4, 0.5) is 0 Å². The van der Waals surface area contributed by atoms with Crippen LogP contribution in [0.3, 0.4) is 0 Å². The molecular formula is C31H44O12. The zero-order valence-corrected chi connectivity index (χ0v) is 24.9. The molecule has 0 saturated carbocycles. The van der Waals surface area contributed by atoms with Crippen molar-refractivity contribution >= 4 is 12.0 Å². The number of benzene rings is 1. The van der Waals surface area contributed by atoms with Crippen molar-refractivity contribution in [1.82, 2.24) is 0 Å². The quantitative estimate of drug-likeness (QED) is 0.114. The first-order valence-corrected chi connectivity index (χ1v) is 14.3. The van der Waals surface area contributed by atoms with Crippen molar-refractivity contribution < 1.29 is 59.1 Å². The van der Waals surface area contributed by atoms with E-state index in [4.69, 9.17) is 23.7 Å². The lowest BCUT2D eigenvalue weighted by molar-refractivity contribution is -0.356. The second kappa shape index (κ2) is 16.4. The number of hydrogen-bond acceptors (Lipinski definition) is 12. The van der Waals surface area contributed by atoms with Crippen molar-refractivity contribution in [3.63, 3.8) is 0 Å². The zero-order valence-electron chi connectivity index (χ0n) is 24.9. The first kappa shape index (κ1) is 34.8. The van der Waals surface area contributed by atoms with E-state index in [-0.39, 0.29) is 12.4 Å². The lowest BCUT2D eigenvalue weighted by atomic mass is 9.97. The van der Waals surface area contributed by atoms with Gasteiger partial charge in [0.15, 0.2) is 18.7 Å². The molecule has 240 valence electrons. The smallest absolute Gasteiger partial charge is 0.331 e. The van der Waals surface area contributed by atoms with Crippen LogP contribution < -0.4 is 0 Å². The molecule has 0 unspecified atom stereocenters. The van der Waals surface area contributed by atoms with E-state index in [0.29, 0.717) is 5.56 Å². The monoisotopic (exact) mass is 608 g/mol. The second-order valence-electron chi connectivity index (χ2n) is 11.0. The van der Waals surface area contributed by atoms with E-state index in [1.54, 1.807) is 12.1 Å². The van der Waals surface area contributed by atoms with Gasteiger partial charge in [-0.2, -0.15) is 0 Å². The average Bonchev–Trinajstić information content (AvgIpc) is 2.97. The SMILES string of the molecule is CC(C)=CCCC(C)=CCO[C@@H]1O[C@@H](CO)[C@@H](OC(=O)C=Cc2ccc(O)cc2)[C@H](O[C@H]2O[C@@H](C)[C@@H](O)[C@H](O)[C@H]2O)[C@@H]1O. The average molecular weight is 609 g/mol. The van der Waals surface area contributed by atoms with Crippen LogP contribution in [0.5, 0.6) is 5.75 Å². The first-order valence-electron chi connectivity index (χ1n) is 14.3. The number of aliphatic hydroxyl groups is 5. The molecule has 43 heavy (non-hydrogen) atoms. The highest BCUT2D eigenvalue weighted by atomic mass is 16.7. The third-order valence-electron chi connectivity index (χ3n) is 7.23. The highest BCUT2D eigenvalue weighted by Gasteiger charge is 2.52. The Kier molecular flexibility index (Phi) is 13.3. The minimum Gasteiger partial charge on any atom is -0.508 e. The van der Waals surface area contributed by atoms with Gasteiger partial charge in [-0.15, -0.1) is 0 Å².